The highest BCUT2D eigenvalue weighted by Crippen LogP contribution is 2.30. The van der Waals surface area contributed by atoms with Crippen LogP contribution in [0.5, 0.6) is 0 Å². The monoisotopic (exact) mass is 312 g/mol. The van der Waals surface area contributed by atoms with Crippen molar-refractivity contribution < 1.29 is 4.79 Å². The highest BCUT2D eigenvalue weighted by atomic mass is 35.5. The van der Waals surface area contributed by atoms with Crippen LogP contribution in [0.4, 0.5) is 5.69 Å². The molecule has 2 atom stereocenters. The fourth-order valence-electron chi connectivity index (χ4n) is 2.38. The first kappa shape index (κ1) is 15.5. The molecule has 1 N–H and O–H groups in total. The topological polar surface area (TPSA) is 32.3 Å². The van der Waals surface area contributed by atoms with E-state index in [0.717, 1.165) is 12.1 Å². The van der Waals surface area contributed by atoms with E-state index in [4.69, 9.17) is 11.6 Å². The Morgan fingerprint density at radius 1 is 1.45 bits per heavy atom. The fourth-order valence-corrected chi connectivity index (χ4v) is 3.69. The third kappa shape index (κ3) is 3.61. The van der Waals surface area contributed by atoms with Crippen LogP contribution in [0.2, 0.25) is 5.02 Å². The summed E-state index contributed by atoms with van der Waals surface area (Å²) in [6.45, 7) is 2.24. The largest absolute Gasteiger partial charge is 0.381 e. The highest BCUT2D eigenvalue weighted by molar-refractivity contribution is 8.00. The van der Waals surface area contributed by atoms with Crippen LogP contribution in [-0.4, -0.2) is 41.9 Å². The number of carbonyl (C=O) groups is 1. The smallest absolute Gasteiger partial charge is 0.255 e. The summed E-state index contributed by atoms with van der Waals surface area (Å²) >= 11 is 8.06. The Balaban J connectivity index is 2.25. The minimum absolute atomic E-state index is 0.000261. The molecular formula is C15H21ClN2OS. The van der Waals surface area contributed by atoms with E-state index in [1.165, 1.54) is 12.2 Å². The quantitative estimate of drug-likeness (QED) is 0.923. The van der Waals surface area contributed by atoms with Gasteiger partial charge in [0.15, 0.2) is 0 Å². The maximum Gasteiger partial charge on any atom is 0.255 e. The third-order valence-corrected chi connectivity index (χ3v) is 5.18. The van der Waals surface area contributed by atoms with Gasteiger partial charge in [0.25, 0.3) is 5.91 Å². The second-order valence-electron chi connectivity index (χ2n) is 5.36. The number of halogens is 1. The van der Waals surface area contributed by atoms with E-state index in [0.29, 0.717) is 21.9 Å². The summed E-state index contributed by atoms with van der Waals surface area (Å²) in [7, 11) is 3.53. The number of benzene rings is 1. The molecular weight excluding hydrogens is 292 g/mol. The molecule has 1 aliphatic rings. The molecule has 2 unspecified atom stereocenters. The molecule has 110 valence electrons. The van der Waals surface area contributed by atoms with Crippen molar-refractivity contribution in [1.29, 1.82) is 0 Å². The van der Waals surface area contributed by atoms with E-state index in [9.17, 15) is 4.79 Å². The number of rotatable bonds is 3. The van der Waals surface area contributed by atoms with Crippen LogP contribution in [0, 0.1) is 0 Å². The first-order chi connectivity index (χ1) is 9.49. The van der Waals surface area contributed by atoms with Crippen molar-refractivity contribution in [1.82, 2.24) is 4.90 Å². The first-order valence-corrected chi connectivity index (χ1v) is 8.31. The standard InChI is InChI=1S/C15H21ClN2OS/c1-10-13(5-4-8-20-10)17-14-9-11(16)6-7-12(14)15(19)18(2)3/h6-7,9-10,13,17H,4-5,8H2,1-3H3. The zero-order chi connectivity index (χ0) is 14.7. The second-order valence-corrected chi connectivity index (χ2v) is 7.28. The normalized spacial score (nSPS) is 22.4. The van der Waals surface area contributed by atoms with Gasteiger partial charge in [0.2, 0.25) is 0 Å². The molecule has 20 heavy (non-hydrogen) atoms. The number of hydrogen-bond acceptors (Lipinski definition) is 3. The predicted molar refractivity (Wildman–Crippen MR) is 88.0 cm³/mol. The van der Waals surface area contributed by atoms with E-state index in [1.54, 1.807) is 31.1 Å². The maximum absolute atomic E-state index is 12.2. The second kappa shape index (κ2) is 6.72. The summed E-state index contributed by atoms with van der Waals surface area (Å²) in [5.41, 5.74) is 1.53. The minimum atomic E-state index is 0.000261. The zero-order valence-corrected chi connectivity index (χ0v) is 13.7. The lowest BCUT2D eigenvalue weighted by Gasteiger charge is -2.30. The molecule has 0 aliphatic carbocycles. The molecule has 0 aromatic heterocycles. The van der Waals surface area contributed by atoms with Crippen LogP contribution in [0.1, 0.15) is 30.1 Å². The lowest BCUT2D eigenvalue weighted by atomic mass is 10.1. The van der Waals surface area contributed by atoms with Gasteiger partial charge in [-0.1, -0.05) is 18.5 Å². The number of thioether (sulfide) groups is 1. The summed E-state index contributed by atoms with van der Waals surface area (Å²) < 4.78 is 0. The molecule has 1 saturated heterocycles. The van der Waals surface area contributed by atoms with Gasteiger partial charge in [0.1, 0.15) is 0 Å². The van der Waals surface area contributed by atoms with Gasteiger partial charge < -0.3 is 10.2 Å². The molecule has 0 spiro atoms. The van der Waals surface area contributed by atoms with Crippen LogP contribution >= 0.6 is 23.4 Å². The maximum atomic E-state index is 12.2. The SMILES string of the molecule is CC1SCCCC1Nc1cc(Cl)ccc1C(=O)N(C)C. The molecule has 1 aromatic rings. The third-order valence-electron chi connectivity index (χ3n) is 3.57. The Kier molecular flexibility index (Phi) is 5.22. The first-order valence-electron chi connectivity index (χ1n) is 6.88. The van der Waals surface area contributed by atoms with Crippen LogP contribution < -0.4 is 5.32 Å². The number of amides is 1. The van der Waals surface area contributed by atoms with E-state index in [1.807, 2.05) is 17.8 Å². The van der Waals surface area contributed by atoms with E-state index in [2.05, 4.69) is 12.2 Å². The summed E-state index contributed by atoms with van der Waals surface area (Å²) in [6.07, 6.45) is 2.35. The average molecular weight is 313 g/mol. The number of hydrogen-bond donors (Lipinski definition) is 1. The molecule has 1 heterocycles. The van der Waals surface area contributed by atoms with E-state index >= 15 is 0 Å². The zero-order valence-electron chi connectivity index (χ0n) is 12.1. The minimum Gasteiger partial charge on any atom is -0.381 e. The Morgan fingerprint density at radius 2 is 2.20 bits per heavy atom. The van der Waals surface area contributed by atoms with Crippen LogP contribution in [0.25, 0.3) is 0 Å². The van der Waals surface area contributed by atoms with Crippen molar-refractivity contribution in [2.75, 3.05) is 25.2 Å². The summed E-state index contributed by atoms with van der Waals surface area (Å²) in [5, 5.41) is 4.72. The number of anilines is 1. The predicted octanol–water partition coefficient (Wildman–Crippen LogP) is 3.74. The van der Waals surface area contributed by atoms with Crippen molar-refractivity contribution in [2.45, 2.75) is 31.1 Å². The molecule has 0 radical (unpaired) electrons. The van der Waals surface area contributed by atoms with Crippen molar-refractivity contribution >= 4 is 35.0 Å². The number of nitrogens with one attached hydrogen (secondary N) is 1. The van der Waals surface area contributed by atoms with Gasteiger partial charge in [0, 0.05) is 36.1 Å². The van der Waals surface area contributed by atoms with Crippen LogP contribution in [0.3, 0.4) is 0 Å². The molecule has 5 heteroatoms. The fraction of sp³-hybridized carbons (Fsp3) is 0.533. The van der Waals surface area contributed by atoms with Gasteiger partial charge >= 0.3 is 0 Å². The van der Waals surface area contributed by atoms with Gasteiger partial charge in [-0.25, -0.2) is 0 Å². The van der Waals surface area contributed by atoms with Crippen molar-refractivity contribution in [2.24, 2.45) is 0 Å². The van der Waals surface area contributed by atoms with Crippen molar-refractivity contribution in [3.8, 4) is 0 Å². The van der Waals surface area contributed by atoms with Crippen molar-refractivity contribution in [3.63, 3.8) is 0 Å². The molecule has 0 bridgehead atoms. The summed E-state index contributed by atoms with van der Waals surface area (Å²) in [6, 6.07) is 5.81. The highest BCUT2D eigenvalue weighted by Gasteiger charge is 2.23. The van der Waals surface area contributed by atoms with Crippen LogP contribution in [-0.2, 0) is 0 Å². The van der Waals surface area contributed by atoms with E-state index in [-0.39, 0.29) is 5.91 Å². The van der Waals surface area contributed by atoms with Gasteiger partial charge in [-0.15, -0.1) is 0 Å². The van der Waals surface area contributed by atoms with Gasteiger partial charge in [-0.05, 0) is 36.8 Å². The molecule has 0 saturated carbocycles. The summed E-state index contributed by atoms with van der Waals surface area (Å²) in [5.74, 6) is 1.22. The number of nitrogens with zero attached hydrogens (tertiary/aromatic N) is 1. The van der Waals surface area contributed by atoms with Gasteiger partial charge in [0.05, 0.1) is 5.56 Å². The Morgan fingerprint density at radius 3 is 2.85 bits per heavy atom. The Hall–Kier alpha value is -0.870. The molecule has 3 nitrogen and oxygen atoms in total. The lowest BCUT2D eigenvalue weighted by Crippen LogP contribution is -2.34. The Labute approximate surface area is 130 Å². The molecule has 1 amide bonds. The van der Waals surface area contributed by atoms with Crippen LogP contribution in [0.15, 0.2) is 18.2 Å². The molecule has 2 rings (SSSR count). The average Bonchev–Trinajstić information content (AvgIpc) is 2.41. The van der Waals surface area contributed by atoms with E-state index < -0.39 is 0 Å². The molecule has 1 aliphatic heterocycles. The molecule has 1 fully saturated rings. The van der Waals surface area contributed by atoms with Gasteiger partial charge in [-0.2, -0.15) is 11.8 Å². The number of carbonyl (C=O) groups excluding carboxylic acids is 1. The van der Waals surface area contributed by atoms with Gasteiger partial charge in [-0.3, -0.25) is 4.79 Å². The lowest BCUT2D eigenvalue weighted by molar-refractivity contribution is 0.0828. The molecule has 1 aromatic carbocycles. The Bertz CT molecular complexity index is 493. The van der Waals surface area contributed by atoms with Crippen molar-refractivity contribution in [3.05, 3.63) is 28.8 Å². The summed E-state index contributed by atoms with van der Waals surface area (Å²) in [4.78, 5) is 13.8.